The third-order valence-corrected chi connectivity index (χ3v) is 3.42. The largest absolute Gasteiger partial charge is 0.261 e. The zero-order chi connectivity index (χ0) is 10.8. The van der Waals surface area contributed by atoms with E-state index in [-0.39, 0.29) is 0 Å². The molecule has 0 saturated heterocycles. The molecule has 1 heterocycles. The third-order valence-electron chi connectivity index (χ3n) is 2.42. The Morgan fingerprint density at radius 1 is 1.47 bits per heavy atom. The molecule has 0 aliphatic carbocycles. The molecule has 0 saturated carbocycles. The standard InChI is InChI=1S/C11H12BrClN2/c1-8-6-11(7-12)15(14-8)10-4-2-9(13)3-5-10/h2-5,11H,6-7H2,1H3. The number of hydrazone groups is 1. The Morgan fingerprint density at radius 3 is 2.73 bits per heavy atom. The van der Waals surface area contributed by atoms with Gasteiger partial charge in [-0.25, -0.2) is 0 Å². The maximum atomic E-state index is 5.85. The van der Waals surface area contributed by atoms with Crippen LogP contribution in [0, 0.1) is 0 Å². The van der Waals surface area contributed by atoms with Crippen molar-refractivity contribution in [3.63, 3.8) is 0 Å². The van der Waals surface area contributed by atoms with E-state index in [9.17, 15) is 0 Å². The maximum absolute atomic E-state index is 5.85. The summed E-state index contributed by atoms with van der Waals surface area (Å²) in [6.07, 6.45) is 1.02. The van der Waals surface area contributed by atoms with Crippen molar-refractivity contribution in [3.8, 4) is 0 Å². The molecule has 2 nitrogen and oxygen atoms in total. The molecule has 0 N–H and O–H groups in total. The second kappa shape index (κ2) is 4.54. The summed E-state index contributed by atoms with van der Waals surface area (Å²) in [5.41, 5.74) is 2.27. The molecule has 0 fully saturated rings. The molecule has 0 aromatic heterocycles. The van der Waals surface area contributed by atoms with Crippen molar-refractivity contribution in [2.45, 2.75) is 19.4 Å². The van der Waals surface area contributed by atoms with E-state index in [2.05, 4.69) is 33.0 Å². The van der Waals surface area contributed by atoms with Crippen LogP contribution in [0.2, 0.25) is 5.02 Å². The van der Waals surface area contributed by atoms with E-state index in [1.807, 2.05) is 24.3 Å². The van der Waals surface area contributed by atoms with Crippen molar-refractivity contribution in [3.05, 3.63) is 29.3 Å². The lowest BCUT2D eigenvalue weighted by Crippen LogP contribution is -2.27. The van der Waals surface area contributed by atoms with Crippen LogP contribution < -0.4 is 5.01 Å². The third kappa shape index (κ3) is 2.34. The highest BCUT2D eigenvalue weighted by Gasteiger charge is 2.24. The molecular weight excluding hydrogens is 275 g/mol. The Hall–Kier alpha value is -0.540. The summed E-state index contributed by atoms with van der Waals surface area (Å²) in [5, 5.41) is 8.26. The molecule has 1 atom stereocenters. The summed E-state index contributed by atoms with van der Waals surface area (Å²) in [5.74, 6) is 0. The van der Waals surface area contributed by atoms with E-state index in [1.165, 1.54) is 5.71 Å². The van der Waals surface area contributed by atoms with Gasteiger partial charge in [0.25, 0.3) is 0 Å². The Bertz CT molecular complexity index is 375. The van der Waals surface area contributed by atoms with Gasteiger partial charge in [-0.3, -0.25) is 5.01 Å². The van der Waals surface area contributed by atoms with Gasteiger partial charge in [0.05, 0.1) is 11.7 Å². The number of benzene rings is 1. The Labute approximate surface area is 103 Å². The number of hydrogen-bond acceptors (Lipinski definition) is 2. The second-order valence-corrected chi connectivity index (χ2v) is 4.75. The first-order valence-electron chi connectivity index (χ1n) is 4.85. The van der Waals surface area contributed by atoms with E-state index >= 15 is 0 Å². The fourth-order valence-corrected chi connectivity index (χ4v) is 2.35. The van der Waals surface area contributed by atoms with Gasteiger partial charge in [-0.2, -0.15) is 5.10 Å². The molecule has 1 aliphatic rings. The van der Waals surface area contributed by atoms with Crippen molar-refractivity contribution in [2.75, 3.05) is 10.3 Å². The molecule has 0 amide bonds. The lowest BCUT2D eigenvalue weighted by molar-refractivity contribution is 0.737. The minimum Gasteiger partial charge on any atom is -0.261 e. The summed E-state index contributed by atoms with van der Waals surface area (Å²) < 4.78 is 0. The van der Waals surface area contributed by atoms with Gasteiger partial charge in [-0.05, 0) is 31.2 Å². The zero-order valence-electron chi connectivity index (χ0n) is 8.45. The number of hydrogen-bond donors (Lipinski definition) is 0. The maximum Gasteiger partial charge on any atom is 0.0675 e. The minimum atomic E-state index is 0.422. The predicted octanol–water partition coefficient (Wildman–Crippen LogP) is 3.69. The molecule has 1 aliphatic heterocycles. The van der Waals surface area contributed by atoms with E-state index < -0.39 is 0 Å². The van der Waals surface area contributed by atoms with Gasteiger partial charge < -0.3 is 0 Å². The highest BCUT2D eigenvalue weighted by atomic mass is 79.9. The molecular formula is C11H12BrClN2. The monoisotopic (exact) mass is 286 g/mol. The first kappa shape index (κ1) is 11.0. The Balaban J connectivity index is 2.26. The van der Waals surface area contributed by atoms with Gasteiger partial charge >= 0.3 is 0 Å². The molecule has 15 heavy (non-hydrogen) atoms. The van der Waals surface area contributed by atoms with Gasteiger partial charge in [-0.1, -0.05) is 27.5 Å². The van der Waals surface area contributed by atoms with Gasteiger partial charge in [-0.15, -0.1) is 0 Å². The Kier molecular flexibility index (Phi) is 3.32. The van der Waals surface area contributed by atoms with Gasteiger partial charge in [0.2, 0.25) is 0 Å². The van der Waals surface area contributed by atoms with Crippen LogP contribution in [0.4, 0.5) is 5.69 Å². The van der Waals surface area contributed by atoms with E-state index in [0.29, 0.717) is 6.04 Å². The van der Waals surface area contributed by atoms with Crippen LogP contribution in [0.1, 0.15) is 13.3 Å². The molecule has 1 unspecified atom stereocenters. The number of anilines is 1. The van der Waals surface area contributed by atoms with Crippen molar-refractivity contribution in [1.29, 1.82) is 0 Å². The molecule has 0 bridgehead atoms. The predicted molar refractivity (Wildman–Crippen MR) is 69.2 cm³/mol. The number of nitrogens with zero attached hydrogens (tertiary/aromatic N) is 2. The molecule has 4 heteroatoms. The van der Waals surface area contributed by atoms with Gasteiger partial charge in [0.15, 0.2) is 0 Å². The fraction of sp³-hybridized carbons (Fsp3) is 0.364. The minimum absolute atomic E-state index is 0.422. The van der Waals surface area contributed by atoms with Crippen LogP contribution in [0.25, 0.3) is 0 Å². The molecule has 2 rings (SSSR count). The van der Waals surface area contributed by atoms with Gasteiger partial charge in [0.1, 0.15) is 0 Å². The first-order chi connectivity index (χ1) is 7.20. The zero-order valence-corrected chi connectivity index (χ0v) is 10.8. The van der Waals surface area contributed by atoms with Crippen LogP contribution in [0.3, 0.4) is 0 Å². The normalized spacial score (nSPS) is 20.6. The van der Waals surface area contributed by atoms with E-state index in [0.717, 1.165) is 22.5 Å². The van der Waals surface area contributed by atoms with Crippen LogP contribution in [0.5, 0.6) is 0 Å². The summed E-state index contributed by atoms with van der Waals surface area (Å²) in [6.45, 7) is 2.06. The Morgan fingerprint density at radius 2 is 2.13 bits per heavy atom. The lowest BCUT2D eigenvalue weighted by Gasteiger charge is -2.21. The van der Waals surface area contributed by atoms with Crippen molar-refractivity contribution < 1.29 is 0 Å². The van der Waals surface area contributed by atoms with E-state index in [1.54, 1.807) is 0 Å². The van der Waals surface area contributed by atoms with Crippen LogP contribution >= 0.6 is 27.5 Å². The molecule has 0 spiro atoms. The van der Waals surface area contributed by atoms with Crippen molar-refractivity contribution in [1.82, 2.24) is 0 Å². The first-order valence-corrected chi connectivity index (χ1v) is 6.35. The van der Waals surface area contributed by atoms with Crippen LogP contribution in [-0.2, 0) is 0 Å². The SMILES string of the molecule is CC1=NN(c2ccc(Cl)cc2)C(CBr)C1. The molecule has 1 aromatic rings. The number of rotatable bonds is 2. The summed E-state index contributed by atoms with van der Waals surface area (Å²) in [7, 11) is 0. The number of halogens is 2. The van der Waals surface area contributed by atoms with Crippen LogP contribution in [0.15, 0.2) is 29.4 Å². The fourth-order valence-electron chi connectivity index (χ4n) is 1.72. The topological polar surface area (TPSA) is 15.6 Å². The highest BCUT2D eigenvalue weighted by molar-refractivity contribution is 9.09. The van der Waals surface area contributed by atoms with E-state index in [4.69, 9.17) is 11.6 Å². The number of alkyl halides is 1. The molecule has 0 radical (unpaired) electrons. The van der Waals surface area contributed by atoms with Gasteiger partial charge in [0, 0.05) is 22.5 Å². The summed E-state index contributed by atoms with van der Waals surface area (Å²) in [6, 6.07) is 8.21. The van der Waals surface area contributed by atoms with Crippen molar-refractivity contribution >= 4 is 38.9 Å². The summed E-state index contributed by atoms with van der Waals surface area (Å²) in [4.78, 5) is 0. The lowest BCUT2D eigenvalue weighted by atomic mass is 10.2. The summed E-state index contributed by atoms with van der Waals surface area (Å²) >= 11 is 9.37. The van der Waals surface area contributed by atoms with Crippen molar-refractivity contribution in [2.24, 2.45) is 5.10 Å². The molecule has 1 aromatic carbocycles. The quantitative estimate of drug-likeness (QED) is 0.758. The second-order valence-electron chi connectivity index (χ2n) is 3.67. The average molecular weight is 288 g/mol. The smallest absolute Gasteiger partial charge is 0.0675 e. The average Bonchev–Trinajstić information content (AvgIpc) is 2.61. The highest BCUT2D eigenvalue weighted by Crippen LogP contribution is 2.26. The molecule has 80 valence electrons. The van der Waals surface area contributed by atoms with Crippen LogP contribution in [-0.4, -0.2) is 17.1 Å².